The van der Waals surface area contributed by atoms with Crippen molar-refractivity contribution in [2.24, 2.45) is 52.3 Å². The molecule has 0 aliphatic heterocycles. The molecule has 8 nitrogen and oxygen atoms in total. The molecule has 0 bridgehead atoms. The van der Waals surface area contributed by atoms with Gasteiger partial charge in [-0.15, -0.1) is 0 Å². The van der Waals surface area contributed by atoms with E-state index in [2.05, 4.69) is 20.8 Å². The molecule has 39 heavy (non-hydrogen) atoms. The van der Waals surface area contributed by atoms with Crippen molar-refractivity contribution < 1.29 is 68.1 Å². The Bertz CT molecular complexity index is 1130. The van der Waals surface area contributed by atoms with Gasteiger partial charge in [0.2, 0.25) is 5.91 Å². The van der Waals surface area contributed by atoms with Gasteiger partial charge in [0, 0.05) is 15.2 Å². The van der Waals surface area contributed by atoms with Crippen molar-refractivity contribution in [3.05, 3.63) is 0 Å². The van der Waals surface area contributed by atoms with Gasteiger partial charge in [-0.1, -0.05) is 40.5 Å². The number of carbonyl (C=O) groups excluding carboxylic acids is 1. The number of nitrogens with one attached hydrogen (secondary N) is 1. The fourth-order valence-electron chi connectivity index (χ4n) is 9.48. The fraction of sp³-hybridized carbons (Fsp3) is 0.966. The van der Waals surface area contributed by atoms with E-state index in [9.17, 15) is 33.1 Å². The first kappa shape index (κ1) is 28.1. The molecule has 0 aromatic heterocycles. The van der Waals surface area contributed by atoms with E-state index in [1.54, 1.807) is 12.2 Å². The summed E-state index contributed by atoms with van der Waals surface area (Å²) in [5, 5.41) is 35.3. The first-order valence-electron chi connectivity index (χ1n) is 16.5. The maximum atomic E-state index is 12.6. The predicted octanol–water partition coefficient (Wildman–Crippen LogP) is 0.0557. The molecule has 1 amide bonds. The third-order valence-electron chi connectivity index (χ3n) is 11.6. The van der Waals surface area contributed by atoms with E-state index in [1.165, 1.54) is 0 Å². The fourth-order valence-corrected chi connectivity index (χ4v) is 9.66. The van der Waals surface area contributed by atoms with E-state index >= 15 is 0 Å². The van der Waals surface area contributed by atoms with Gasteiger partial charge in [0.15, 0.2) is 0 Å². The molecule has 0 radical (unpaired) electrons. The zero-order valence-electron chi connectivity index (χ0n) is 28.2. The average molecular weight is 584 g/mol. The third-order valence-corrected chi connectivity index (χ3v) is 12.0. The van der Waals surface area contributed by atoms with Gasteiger partial charge in [-0.3, -0.25) is 4.79 Å². The minimum atomic E-state index is -5.66. The zero-order valence-corrected chi connectivity index (χ0v) is 27.0. The molecule has 4 aliphatic rings. The zero-order chi connectivity index (χ0) is 31.6. The summed E-state index contributed by atoms with van der Waals surface area (Å²) >= 11 is 0. The van der Waals surface area contributed by atoms with Crippen LogP contribution in [0.2, 0.25) is 0 Å². The van der Waals surface area contributed by atoms with E-state index in [0.29, 0.717) is 25.7 Å². The van der Waals surface area contributed by atoms with Crippen LogP contribution in [0.1, 0.15) is 97.4 Å². The molecule has 220 valence electrons. The number of amides is 1. The van der Waals surface area contributed by atoms with Gasteiger partial charge in [-0.25, -0.2) is 8.42 Å². The quantitative estimate of drug-likeness (QED) is 0.222. The van der Waals surface area contributed by atoms with Crippen molar-refractivity contribution in [1.82, 2.24) is 5.32 Å². The Labute approximate surface area is 263 Å². The van der Waals surface area contributed by atoms with Crippen molar-refractivity contribution in [3.8, 4) is 0 Å². The van der Waals surface area contributed by atoms with Crippen LogP contribution in [0.4, 0.5) is 0 Å². The minimum Gasteiger partial charge on any atom is -0.748 e. The van der Waals surface area contributed by atoms with E-state index in [1.807, 2.05) is 0 Å². The molecular weight excluding hydrogens is 529 g/mol. The van der Waals surface area contributed by atoms with Crippen LogP contribution >= 0.6 is 0 Å². The number of hydrogen-bond donors (Lipinski definition) is 4. The van der Waals surface area contributed by atoms with Crippen LogP contribution in [0.15, 0.2) is 0 Å². The third kappa shape index (κ3) is 6.76. The summed E-state index contributed by atoms with van der Waals surface area (Å²) in [6, 6.07) is 0. The van der Waals surface area contributed by atoms with Crippen molar-refractivity contribution >= 4 is 16.0 Å². The van der Waals surface area contributed by atoms with Crippen LogP contribution in [-0.4, -0.2) is 64.7 Å². The van der Waals surface area contributed by atoms with Crippen molar-refractivity contribution in [2.75, 3.05) is 12.2 Å². The van der Waals surface area contributed by atoms with Crippen LogP contribution in [0, 0.1) is 52.3 Å². The number of rotatable bonds is 9. The van der Waals surface area contributed by atoms with Crippen LogP contribution in [-0.2, 0) is 14.9 Å². The van der Waals surface area contributed by atoms with Gasteiger partial charge in [-0.2, -0.15) is 0 Å². The maximum absolute atomic E-state index is 12.6. The van der Waals surface area contributed by atoms with Crippen molar-refractivity contribution in [1.29, 1.82) is 0 Å². The summed E-state index contributed by atoms with van der Waals surface area (Å²) in [6.45, 7) is 4.83. The minimum absolute atomic E-state index is 0. The van der Waals surface area contributed by atoms with Crippen LogP contribution in [0.25, 0.3) is 0 Å². The Morgan fingerprint density at radius 3 is 2.44 bits per heavy atom. The molecule has 12 atom stereocenters. The molecule has 4 fully saturated rings. The van der Waals surface area contributed by atoms with Gasteiger partial charge < -0.3 is 25.2 Å². The molecule has 0 unspecified atom stereocenters. The average Bonchev–Trinajstić information content (AvgIpc) is 3.23. The molecule has 4 N–H and O–H groups in total. The van der Waals surface area contributed by atoms with Crippen LogP contribution in [0.3, 0.4) is 0 Å². The van der Waals surface area contributed by atoms with Gasteiger partial charge in [-0.05, 0) is 97.7 Å². The molecule has 4 rings (SSSR count). The van der Waals surface area contributed by atoms with Gasteiger partial charge in [0.1, 0.15) is 0 Å². The monoisotopic (exact) mass is 583 g/mol. The Kier molecular flexibility index (Phi) is 9.25. The van der Waals surface area contributed by atoms with Crippen molar-refractivity contribution in [2.45, 2.75) is 110 Å². The van der Waals surface area contributed by atoms with Gasteiger partial charge >= 0.3 is 29.6 Å². The molecule has 0 spiro atoms. The SMILES string of the molecule is [2H]C([2H])(NC(=O)[C@@H](C)CCC[C@@H](C)[C@H]1CC[C@H]2[C@@H]3[C@H](O)C[C@@H]4C[C@H](O)CC[C@]4(C)[C@H]3C[C@H](O)[C@]12C)C([2H])([2H])S(=O)(=O)[O-].[Na+]. The number of hydrogen-bond acceptors (Lipinski definition) is 7. The Morgan fingerprint density at radius 1 is 1.08 bits per heavy atom. The first-order chi connectivity index (χ1) is 19.2. The Hall–Kier alpha value is 0.260. The molecular formula is C29H50NNaO7S. The Morgan fingerprint density at radius 2 is 1.77 bits per heavy atom. The number of fused-ring (bicyclic) bond motifs is 5. The van der Waals surface area contributed by atoms with Crippen LogP contribution in [0.5, 0.6) is 0 Å². The summed E-state index contributed by atoms with van der Waals surface area (Å²) < 4.78 is 63.7. The largest absolute Gasteiger partial charge is 1.00 e. The molecule has 0 aromatic rings. The van der Waals surface area contributed by atoms with Crippen molar-refractivity contribution in [3.63, 3.8) is 0 Å². The molecule has 0 saturated heterocycles. The van der Waals surface area contributed by atoms with Crippen LogP contribution < -0.4 is 34.9 Å². The molecule has 10 heteroatoms. The second kappa shape index (κ2) is 12.9. The smallest absolute Gasteiger partial charge is 0.748 e. The maximum Gasteiger partial charge on any atom is 1.00 e. The first-order valence-corrected chi connectivity index (χ1v) is 15.9. The number of carbonyl (C=O) groups is 1. The number of aliphatic hydroxyl groups excluding tert-OH is 3. The summed E-state index contributed by atoms with van der Waals surface area (Å²) in [7, 11) is -5.66. The van der Waals surface area contributed by atoms with E-state index < -0.39 is 46.4 Å². The summed E-state index contributed by atoms with van der Waals surface area (Å²) in [4.78, 5) is 12.6. The van der Waals surface area contributed by atoms with Gasteiger partial charge in [0.25, 0.3) is 0 Å². The standard InChI is InChI=1S/C29H51NO7S.Na/c1-17(6-5-7-18(2)27(34)30-12-13-38(35,36)37)21-8-9-22-26-23(16-25(33)29(21,22)4)28(3)11-10-20(31)14-19(28)15-24(26)32;/h17-26,31-33H,5-16H2,1-4H3,(H,30,34)(H,35,36,37);/q;+1/p-1/t17-,18+,19+,20-,21-,22+,23+,24-,25+,26+,28+,29-;/m1./s1/i12D2,13D2;. The Balaban J connectivity index is 0.00000506. The molecule has 0 heterocycles. The predicted molar refractivity (Wildman–Crippen MR) is 144 cm³/mol. The van der Waals surface area contributed by atoms with Gasteiger partial charge in [0.05, 0.1) is 36.9 Å². The molecule has 0 aromatic carbocycles. The topological polar surface area (TPSA) is 147 Å². The summed E-state index contributed by atoms with van der Waals surface area (Å²) in [5.41, 5.74) is -4.15. The van der Waals surface area contributed by atoms with E-state index in [4.69, 9.17) is 5.48 Å². The molecule has 4 aliphatic carbocycles. The normalized spacial score (nSPS) is 45.5. The number of aliphatic hydroxyl groups is 3. The summed E-state index contributed by atoms with van der Waals surface area (Å²) in [5.74, 6) is -0.311. The second-order valence-corrected chi connectivity index (χ2v) is 14.6. The summed E-state index contributed by atoms with van der Waals surface area (Å²) in [6.07, 6.45) is 6.18. The molecule has 4 saturated carbocycles. The van der Waals surface area contributed by atoms with E-state index in [0.717, 1.165) is 38.5 Å². The van der Waals surface area contributed by atoms with E-state index in [-0.39, 0.29) is 82.0 Å². The second-order valence-electron chi connectivity index (χ2n) is 13.5.